The normalized spacial score (nSPS) is 21.6. The van der Waals surface area contributed by atoms with Crippen LogP contribution in [-0.4, -0.2) is 0 Å². The summed E-state index contributed by atoms with van der Waals surface area (Å²) in [5, 5.41) is 0. The number of hydrogen-bond acceptors (Lipinski definition) is 0. The van der Waals surface area contributed by atoms with E-state index in [0.29, 0.717) is 11.8 Å². The van der Waals surface area contributed by atoms with E-state index < -0.39 is 0 Å². The van der Waals surface area contributed by atoms with Crippen molar-refractivity contribution in [3.05, 3.63) is 112 Å². The van der Waals surface area contributed by atoms with E-state index in [-0.39, 0.29) is 10.8 Å². The van der Waals surface area contributed by atoms with E-state index in [9.17, 15) is 0 Å². The summed E-state index contributed by atoms with van der Waals surface area (Å²) in [6.07, 6.45) is 7.31. The van der Waals surface area contributed by atoms with Crippen molar-refractivity contribution >= 4 is 5.57 Å². The molecular formula is C34H36. The summed E-state index contributed by atoms with van der Waals surface area (Å²) in [5.74, 6) is 1.07. The predicted octanol–water partition coefficient (Wildman–Crippen LogP) is 9.18. The zero-order valence-corrected chi connectivity index (χ0v) is 21.5. The number of rotatable bonds is 3. The number of fused-ring (bicyclic) bond motifs is 5. The monoisotopic (exact) mass is 444 g/mol. The maximum absolute atomic E-state index is 2.55. The summed E-state index contributed by atoms with van der Waals surface area (Å²) in [7, 11) is 0. The Hall–Kier alpha value is -2.86. The van der Waals surface area contributed by atoms with Gasteiger partial charge in [0.15, 0.2) is 0 Å². The number of allylic oxidation sites excluding steroid dienone is 4. The first-order valence-corrected chi connectivity index (χ1v) is 13.0. The lowest BCUT2D eigenvalue weighted by molar-refractivity contribution is 0.534. The van der Waals surface area contributed by atoms with Crippen molar-refractivity contribution in [2.45, 2.75) is 71.1 Å². The van der Waals surface area contributed by atoms with Crippen LogP contribution in [0.4, 0.5) is 0 Å². The smallest absolute Gasteiger partial charge is 0.0159 e. The summed E-state index contributed by atoms with van der Waals surface area (Å²) in [4.78, 5) is 0. The highest BCUT2D eigenvalue weighted by atomic mass is 14.5. The molecular weight excluding hydrogens is 408 g/mol. The summed E-state index contributed by atoms with van der Waals surface area (Å²) in [6, 6.07) is 23.2. The van der Waals surface area contributed by atoms with Crippen LogP contribution in [0.1, 0.15) is 93.7 Å². The molecule has 0 bridgehead atoms. The van der Waals surface area contributed by atoms with Gasteiger partial charge < -0.3 is 0 Å². The van der Waals surface area contributed by atoms with Crippen LogP contribution < -0.4 is 0 Å². The van der Waals surface area contributed by atoms with Gasteiger partial charge in [-0.3, -0.25) is 0 Å². The van der Waals surface area contributed by atoms with Crippen molar-refractivity contribution in [1.82, 2.24) is 0 Å². The fraction of sp³-hybridized carbons (Fsp3) is 0.353. The van der Waals surface area contributed by atoms with Crippen LogP contribution in [0, 0.1) is 5.92 Å². The fourth-order valence-corrected chi connectivity index (χ4v) is 6.80. The Morgan fingerprint density at radius 3 is 2.18 bits per heavy atom. The first-order valence-electron chi connectivity index (χ1n) is 13.0. The van der Waals surface area contributed by atoms with Crippen LogP contribution in [0.2, 0.25) is 0 Å². The van der Waals surface area contributed by atoms with E-state index in [1.54, 1.807) is 5.57 Å². The molecule has 0 saturated carbocycles. The Bertz CT molecular complexity index is 1360. The van der Waals surface area contributed by atoms with E-state index in [2.05, 4.69) is 114 Å². The van der Waals surface area contributed by atoms with Gasteiger partial charge in [0.2, 0.25) is 0 Å². The second-order valence-electron chi connectivity index (χ2n) is 11.8. The standard InChI is InChI=1S/C34H36/c1-7-22-13-15-25-27-19-32-28(20-31(27)33(3,4)29(25)17-22)26-16-14-24(18-30(26)34(32,5)6)21(2)23-11-9-8-10-12-23/h8-16,18-22H,7,17H2,1-6H3. The van der Waals surface area contributed by atoms with Crippen molar-refractivity contribution in [1.29, 1.82) is 0 Å². The molecule has 2 atom stereocenters. The summed E-state index contributed by atoms with van der Waals surface area (Å²) < 4.78 is 0. The molecule has 0 nitrogen and oxygen atoms in total. The summed E-state index contributed by atoms with van der Waals surface area (Å²) >= 11 is 0. The molecule has 0 saturated heterocycles. The second-order valence-corrected chi connectivity index (χ2v) is 11.8. The van der Waals surface area contributed by atoms with Gasteiger partial charge in [-0.2, -0.15) is 0 Å². The first-order chi connectivity index (χ1) is 16.2. The van der Waals surface area contributed by atoms with E-state index in [1.807, 2.05) is 0 Å². The molecule has 0 amide bonds. The number of benzene rings is 3. The Morgan fingerprint density at radius 2 is 1.44 bits per heavy atom. The van der Waals surface area contributed by atoms with Gasteiger partial charge in [-0.05, 0) is 81.0 Å². The van der Waals surface area contributed by atoms with E-state index in [4.69, 9.17) is 0 Å². The van der Waals surface area contributed by atoms with Crippen molar-refractivity contribution in [2.24, 2.45) is 5.92 Å². The molecule has 0 heteroatoms. The highest BCUT2D eigenvalue weighted by Crippen LogP contribution is 2.57. The lowest BCUT2D eigenvalue weighted by atomic mass is 9.75. The topological polar surface area (TPSA) is 0 Å². The quantitative estimate of drug-likeness (QED) is 0.378. The molecule has 34 heavy (non-hydrogen) atoms. The molecule has 2 unspecified atom stereocenters. The van der Waals surface area contributed by atoms with Gasteiger partial charge in [0.25, 0.3) is 0 Å². The Labute approximate surface area is 205 Å². The lowest BCUT2D eigenvalue weighted by Crippen LogP contribution is -2.20. The minimum Gasteiger partial charge on any atom is -0.0805 e. The van der Waals surface area contributed by atoms with Crippen LogP contribution >= 0.6 is 0 Å². The van der Waals surface area contributed by atoms with Crippen molar-refractivity contribution < 1.29 is 0 Å². The van der Waals surface area contributed by atoms with Gasteiger partial charge in [-0.1, -0.05) is 108 Å². The molecule has 0 radical (unpaired) electrons. The Kier molecular flexibility index (Phi) is 4.66. The Balaban J connectivity index is 1.47. The molecule has 0 aliphatic heterocycles. The molecule has 0 heterocycles. The molecule has 0 fully saturated rings. The van der Waals surface area contributed by atoms with Gasteiger partial charge in [0.05, 0.1) is 0 Å². The molecule has 0 spiro atoms. The van der Waals surface area contributed by atoms with Crippen molar-refractivity contribution in [3.8, 4) is 11.1 Å². The van der Waals surface area contributed by atoms with Crippen LogP contribution in [0.3, 0.4) is 0 Å². The SMILES string of the molecule is CCC1C=CC2=C(C1)C(C)(C)c1cc3c(cc12)C(C)(C)c1cc(C(C)c2ccccc2)ccc1-3. The first kappa shape index (κ1) is 21.7. The highest BCUT2D eigenvalue weighted by molar-refractivity contribution is 5.91. The maximum Gasteiger partial charge on any atom is 0.0159 e. The molecule has 3 aliphatic carbocycles. The highest BCUT2D eigenvalue weighted by Gasteiger charge is 2.43. The van der Waals surface area contributed by atoms with Gasteiger partial charge >= 0.3 is 0 Å². The van der Waals surface area contributed by atoms with Gasteiger partial charge in [-0.15, -0.1) is 0 Å². The van der Waals surface area contributed by atoms with Crippen LogP contribution in [0.25, 0.3) is 16.7 Å². The van der Waals surface area contributed by atoms with Gasteiger partial charge in [0, 0.05) is 16.7 Å². The molecule has 0 aromatic heterocycles. The molecule has 3 aromatic rings. The summed E-state index contributed by atoms with van der Waals surface area (Å²) in [6.45, 7) is 14.4. The van der Waals surface area contributed by atoms with Crippen LogP contribution in [-0.2, 0) is 10.8 Å². The molecule has 0 N–H and O–H groups in total. The zero-order valence-electron chi connectivity index (χ0n) is 21.5. The average Bonchev–Trinajstić information content (AvgIpc) is 3.21. The minimum absolute atomic E-state index is 0.00387. The van der Waals surface area contributed by atoms with E-state index in [0.717, 1.165) is 0 Å². The summed E-state index contributed by atoms with van der Waals surface area (Å²) in [5.41, 5.74) is 14.9. The largest absolute Gasteiger partial charge is 0.0805 e. The Morgan fingerprint density at radius 1 is 0.765 bits per heavy atom. The molecule has 6 rings (SSSR count). The third-order valence-electron chi connectivity index (χ3n) is 9.21. The van der Waals surface area contributed by atoms with Gasteiger partial charge in [-0.25, -0.2) is 0 Å². The molecule has 172 valence electrons. The molecule has 3 aromatic carbocycles. The third kappa shape index (κ3) is 2.90. The second kappa shape index (κ2) is 7.32. The molecule has 3 aliphatic rings. The fourth-order valence-electron chi connectivity index (χ4n) is 6.80. The minimum atomic E-state index is 0.00387. The average molecular weight is 445 g/mol. The van der Waals surface area contributed by atoms with Crippen LogP contribution in [0.15, 0.2) is 78.4 Å². The van der Waals surface area contributed by atoms with Gasteiger partial charge in [0.1, 0.15) is 0 Å². The number of hydrogen-bond donors (Lipinski definition) is 0. The van der Waals surface area contributed by atoms with E-state index in [1.165, 1.54) is 62.9 Å². The van der Waals surface area contributed by atoms with E-state index >= 15 is 0 Å². The zero-order chi connectivity index (χ0) is 23.8. The maximum atomic E-state index is 2.55. The van der Waals surface area contributed by atoms with Crippen molar-refractivity contribution in [2.75, 3.05) is 0 Å². The lowest BCUT2D eigenvalue weighted by Gasteiger charge is -2.29. The van der Waals surface area contributed by atoms with Crippen molar-refractivity contribution in [3.63, 3.8) is 0 Å². The third-order valence-corrected chi connectivity index (χ3v) is 9.21. The van der Waals surface area contributed by atoms with Crippen LogP contribution in [0.5, 0.6) is 0 Å². The predicted molar refractivity (Wildman–Crippen MR) is 145 cm³/mol.